The van der Waals surface area contributed by atoms with E-state index in [1.807, 2.05) is 0 Å². The summed E-state index contributed by atoms with van der Waals surface area (Å²) < 4.78 is 17.3. The Labute approximate surface area is 102 Å². The zero-order valence-electron chi connectivity index (χ0n) is 11.1. The Morgan fingerprint density at radius 2 is 1.81 bits per heavy atom. The first-order valence-corrected chi connectivity index (χ1v) is 7.03. The monoisotopic (exact) mass is 242 g/mol. The van der Waals surface area contributed by atoms with Gasteiger partial charge in [-0.1, -0.05) is 0 Å². The van der Waals surface area contributed by atoms with E-state index in [0.29, 0.717) is 5.82 Å². The lowest BCUT2D eigenvalue weighted by Crippen LogP contribution is -2.41. The highest BCUT2D eigenvalue weighted by Crippen LogP contribution is 2.54. The molecule has 3 nitrogen and oxygen atoms in total. The Hall–Kier alpha value is 0.162. The Bertz CT molecular complexity index is 254. The normalized spacial score (nSPS) is 35.6. The van der Waals surface area contributed by atoms with Gasteiger partial charge in [-0.3, -0.25) is 0 Å². The molecule has 0 aromatic rings. The van der Waals surface area contributed by atoms with Crippen LogP contribution in [0.5, 0.6) is 0 Å². The first-order chi connectivity index (χ1) is 7.37. The van der Waals surface area contributed by atoms with Crippen LogP contribution in [0.15, 0.2) is 0 Å². The SMILES string of the molecule is CC1(C)OB(C2CC2CCO[SiH3])OC1(C)C. The van der Waals surface area contributed by atoms with Gasteiger partial charge in [0.2, 0.25) is 0 Å². The van der Waals surface area contributed by atoms with Crippen molar-refractivity contribution in [1.29, 1.82) is 0 Å². The third kappa shape index (κ3) is 2.23. The van der Waals surface area contributed by atoms with Crippen molar-refractivity contribution in [1.82, 2.24) is 0 Å². The van der Waals surface area contributed by atoms with Gasteiger partial charge in [0.15, 0.2) is 0 Å². The van der Waals surface area contributed by atoms with Crippen molar-refractivity contribution >= 4 is 17.6 Å². The van der Waals surface area contributed by atoms with Gasteiger partial charge in [-0.15, -0.1) is 0 Å². The van der Waals surface area contributed by atoms with Crippen molar-refractivity contribution in [2.24, 2.45) is 5.92 Å². The smallest absolute Gasteiger partial charge is 0.428 e. The van der Waals surface area contributed by atoms with E-state index in [1.54, 1.807) is 0 Å². The molecule has 0 radical (unpaired) electrons. The first-order valence-electron chi connectivity index (χ1n) is 6.22. The van der Waals surface area contributed by atoms with Crippen LogP contribution in [0.2, 0.25) is 5.82 Å². The summed E-state index contributed by atoms with van der Waals surface area (Å²) in [5.74, 6) is 1.35. The maximum Gasteiger partial charge on any atom is 0.461 e. The van der Waals surface area contributed by atoms with Crippen LogP contribution in [0.3, 0.4) is 0 Å². The molecule has 2 fully saturated rings. The second-order valence-corrected chi connectivity index (χ2v) is 6.64. The molecule has 0 aromatic carbocycles. The molecule has 0 spiro atoms. The van der Waals surface area contributed by atoms with Crippen molar-refractivity contribution in [2.45, 2.75) is 57.6 Å². The lowest BCUT2D eigenvalue weighted by molar-refractivity contribution is 0.00578. The molecule has 0 bridgehead atoms. The summed E-state index contributed by atoms with van der Waals surface area (Å²) in [5, 5.41) is 0. The van der Waals surface area contributed by atoms with Gasteiger partial charge in [0.1, 0.15) is 10.5 Å². The fourth-order valence-electron chi connectivity index (χ4n) is 2.27. The quantitative estimate of drug-likeness (QED) is 0.692. The van der Waals surface area contributed by atoms with E-state index in [0.717, 1.165) is 29.4 Å². The molecular formula is C11H23BO3Si. The van der Waals surface area contributed by atoms with Crippen molar-refractivity contribution in [2.75, 3.05) is 6.61 Å². The first kappa shape index (κ1) is 12.6. The van der Waals surface area contributed by atoms with Crippen molar-refractivity contribution in [3.05, 3.63) is 0 Å². The van der Waals surface area contributed by atoms with E-state index in [-0.39, 0.29) is 18.3 Å². The number of hydrogen-bond acceptors (Lipinski definition) is 3. The lowest BCUT2D eigenvalue weighted by atomic mass is 9.80. The maximum absolute atomic E-state index is 6.04. The molecule has 1 heterocycles. The average Bonchev–Trinajstić information content (AvgIpc) is 2.87. The molecule has 5 heteroatoms. The van der Waals surface area contributed by atoms with Crippen molar-refractivity contribution in [3.8, 4) is 0 Å². The Morgan fingerprint density at radius 1 is 1.25 bits per heavy atom. The maximum atomic E-state index is 6.04. The summed E-state index contributed by atoms with van der Waals surface area (Å²) in [6.07, 6.45) is 2.40. The minimum absolute atomic E-state index is 0.00380. The molecule has 2 unspecified atom stereocenters. The van der Waals surface area contributed by atoms with E-state index < -0.39 is 0 Å². The van der Waals surface area contributed by atoms with Gasteiger partial charge in [0, 0.05) is 6.61 Å². The highest BCUT2D eigenvalue weighted by Gasteiger charge is 2.59. The highest BCUT2D eigenvalue weighted by atomic mass is 28.2. The van der Waals surface area contributed by atoms with Crippen molar-refractivity contribution in [3.63, 3.8) is 0 Å². The third-order valence-electron chi connectivity index (χ3n) is 4.29. The fraction of sp³-hybridized carbons (Fsp3) is 1.00. The van der Waals surface area contributed by atoms with Gasteiger partial charge >= 0.3 is 7.12 Å². The van der Waals surface area contributed by atoms with E-state index in [1.165, 1.54) is 6.42 Å². The van der Waals surface area contributed by atoms with Crippen LogP contribution < -0.4 is 0 Å². The predicted molar refractivity (Wildman–Crippen MR) is 68.4 cm³/mol. The molecule has 0 N–H and O–H groups in total. The van der Waals surface area contributed by atoms with Gasteiger partial charge in [0.25, 0.3) is 0 Å². The lowest BCUT2D eigenvalue weighted by Gasteiger charge is -2.32. The van der Waals surface area contributed by atoms with Crippen LogP contribution >= 0.6 is 0 Å². The topological polar surface area (TPSA) is 27.7 Å². The molecule has 2 atom stereocenters. The second-order valence-electron chi connectivity index (χ2n) is 6.07. The van der Waals surface area contributed by atoms with Crippen LogP contribution in [0.4, 0.5) is 0 Å². The third-order valence-corrected chi connectivity index (χ3v) is 4.70. The van der Waals surface area contributed by atoms with Gasteiger partial charge in [0.05, 0.1) is 11.2 Å². The van der Waals surface area contributed by atoms with Crippen molar-refractivity contribution < 1.29 is 13.7 Å². The molecule has 2 rings (SSSR count). The molecule has 16 heavy (non-hydrogen) atoms. The van der Waals surface area contributed by atoms with Crippen LogP contribution in [-0.4, -0.2) is 35.4 Å². The summed E-state index contributed by atoms with van der Waals surface area (Å²) in [6, 6.07) is 0. The predicted octanol–water partition coefficient (Wildman–Crippen LogP) is 1.16. The summed E-state index contributed by atoms with van der Waals surface area (Å²) >= 11 is 0. The minimum atomic E-state index is -0.182. The van der Waals surface area contributed by atoms with Crippen LogP contribution in [0.1, 0.15) is 40.5 Å². The molecule has 2 aliphatic rings. The summed E-state index contributed by atoms with van der Waals surface area (Å²) in [7, 11) is 0.851. The van der Waals surface area contributed by atoms with Gasteiger partial charge < -0.3 is 13.7 Å². The van der Waals surface area contributed by atoms with Gasteiger partial charge in [-0.25, -0.2) is 0 Å². The largest absolute Gasteiger partial charge is 0.461 e. The zero-order valence-corrected chi connectivity index (χ0v) is 13.1. The zero-order chi connectivity index (χ0) is 12.0. The Kier molecular flexibility index (Phi) is 3.25. The molecular weight excluding hydrogens is 219 g/mol. The Morgan fingerprint density at radius 3 is 2.31 bits per heavy atom. The van der Waals surface area contributed by atoms with Crippen LogP contribution in [0.25, 0.3) is 0 Å². The molecule has 0 amide bonds. The number of rotatable bonds is 4. The van der Waals surface area contributed by atoms with Crippen LogP contribution in [0, 0.1) is 5.92 Å². The molecule has 1 saturated carbocycles. The standard InChI is InChI=1S/C11H23BO3Si/c1-10(2)11(3,4)15-12(14-10)9-7-8(9)5-6-13-16/h8-9H,5-7H2,1-4,16H3. The fourth-order valence-corrected chi connectivity index (χ4v) is 2.50. The van der Waals surface area contributed by atoms with E-state index in [4.69, 9.17) is 13.7 Å². The molecule has 0 aromatic heterocycles. The molecule has 1 aliphatic carbocycles. The summed E-state index contributed by atoms with van der Waals surface area (Å²) in [4.78, 5) is 0. The summed E-state index contributed by atoms with van der Waals surface area (Å²) in [6.45, 7) is 9.37. The summed E-state index contributed by atoms with van der Waals surface area (Å²) in [5.41, 5.74) is -0.363. The molecule has 1 saturated heterocycles. The second kappa shape index (κ2) is 4.12. The molecule has 1 aliphatic heterocycles. The highest BCUT2D eigenvalue weighted by molar-refractivity contribution is 6.48. The van der Waals surface area contributed by atoms with E-state index in [2.05, 4.69) is 27.7 Å². The van der Waals surface area contributed by atoms with Gasteiger partial charge in [-0.2, -0.15) is 0 Å². The van der Waals surface area contributed by atoms with E-state index >= 15 is 0 Å². The van der Waals surface area contributed by atoms with E-state index in [9.17, 15) is 0 Å². The van der Waals surface area contributed by atoms with Gasteiger partial charge in [-0.05, 0) is 52.3 Å². The van der Waals surface area contributed by atoms with Crippen LogP contribution in [-0.2, 0) is 13.7 Å². The Balaban J connectivity index is 1.86. The minimum Gasteiger partial charge on any atom is -0.428 e. The molecule has 92 valence electrons. The average molecular weight is 242 g/mol. The number of hydrogen-bond donors (Lipinski definition) is 0.